The second kappa shape index (κ2) is 6.50. The Kier molecular flexibility index (Phi) is 4.88. The minimum Gasteiger partial charge on any atom is -0.480 e. The van der Waals surface area contributed by atoms with Crippen molar-refractivity contribution in [2.45, 2.75) is 52.5 Å². The molecule has 2 unspecified atom stereocenters. The maximum Gasteiger partial charge on any atom is 0.326 e. The molecular formula is C16H25N3O3. The van der Waals surface area contributed by atoms with Crippen LogP contribution in [0.3, 0.4) is 0 Å². The lowest BCUT2D eigenvalue weighted by Crippen LogP contribution is -2.49. The standard InChI is InChI=1S/C16H25N3O3/c1-10-7-8-19(14(9-10)16(21)22)15(20)6-5-13-11(2)17-18(4)12(13)3/h10,14H,5-9H2,1-4H3,(H,21,22). The van der Waals surface area contributed by atoms with E-state index in [0.29, 0.717) is 31.7 Å². The fourth-order valence-electron chi connectivity index (χ4n) is 3.23. The number of aromatic nitrogens is 2. The Morgan fingerprint density at radius 1 is 1.36 bits per heavy atom. The van der Waals surface area contributed by atoms with Crippen LogP contribution >= 0.6 is 0 Å². The zero-order valence-corrected chi connectivity index (χ0v) is 13.8. The van der Waals surface area contributed by atoms with Crippen LogP contribution in [0, 0.1) is 19.8 Å². The summed E-state index contributed by atoms with van der Waals surface area (Å²) in [5.74, 6) is -0.608. The number of hydrogen-bond acceptors (Lipinski definition) is 3. The molecule has 1 saturated heterocycles. The lowest BCUT2D eigenvalue weighted by Gasteiger charge is -2.36. The number of piperidine rings is 1. The summed E-state index contributed by atoms with van der Waals surface area (Å²) >= 11 is 0. The molecule has 1 aromatic heterocycles. The number of rotatable bonds is 4. The van der Waals surface area contributed by atoms with E-state index in [-0.39, 0.29) is 5.91 Å². The summed E-state index contributed by atoms with van der Waals surface area (Å²) in [6.07, 6.45) is 2.38. The third-order valence-electron chi connectivity index (χ3n) is 4.72. The smallest absolute Gasteiger partial charge is 0.326 e. The Morgan fingerprint density at radius 2 is 2.05 bits per heavy atom. The molecule has 2 atom stereocenters. The predicted octanol–water partition coefficient (Wildman–Crippen LogP) is 1.68. The SMILES string of the molecule is Cc1nn(C)c(C)c1CCC(=O)N1CCC(C)CC1C(=O)O. The predicted molar refractivity (Wildman–Crippen MR) is 82.5 cm³/mol. The molecule has 0 aliphatic carbocycles. The van der Waals surface area contributed by atoms with E-state index >= 15 is 0 Å². The minimum absolute atomic E-state index is 0.0676. The highest BCUT2D eigenvalue weighted by Gasteiger charge is 2.34. The number of carboxylic acid groups (broad SMARTS) is 1. The molecule has 1 fully saturated rings. The molecule has 1 N–H and O–H groups in total. The number of aliphatic carboxylic acids is 1. The van der Waals surface area contributed by atoms with Crippen molar-refractivity contribution in [3.05, 3.63) is 17.0 Å². The first-order valence-electron chi connectivity index (χ1n) is 7.82. The molecule has 1 amide bonds. The van der Waals surface area contributed by atoms with Crippen molar-refractivity contribution in [2.24, 2.45) is 13.0 Å². The van der Waals surface area contributed by atoms with Gasteiger partial charge in [-0.05, 0) is 44.6 Å². The Bertz CT molecular complexity index is 579. The largest absolute Gasteiger partial charge is 0.480 e. The van der Waals surface area contributed by atoms with Crippen molar-refractivity contribution in [3.8, 4) is 0 Å². The van der Waals surface area contributed by atoms with Gasteiger partial charge in [0, 0.05) is 25.7 Å². The van der Waals surface area contributed by atoms with Gasteiger partial charge in [0.1, 0.15) is 6.04 Å². The molecule has 0 spiro atoms. The van der Waals surface area contributed by atoms with Crippen LogP contribution in [0.2, 0.25) is 0 Å². The number of likely N-dealkylation sites (tertiary alicyclic amines) is 1. The molecule has 2 rings (SSSR count). The summed E-state index contributed by atoms with van der Waals surface area (Å²) in [6, 6.07) is -0.674. The van der Waals surface area contributed by atoms with E-state index in [2.05, 4.69) is 5.10 Å². The van der Waals surface area contributed by atoms with E-state index in [1.54, 1.807) is 4.90 Å². The van der Waals surface area contributed by atoms with E-state index in [9.17, 15) is 14.7 Å². The Hall–Kier alpha value is -1.85. The molecule has 0 aromatic carbocycles. The molecule has 1 aromatic rings. The van der Waals surface area contributed by atoms with Crippen LogP contribution in [0.15, 0.2) is 0 Å². The highest BCUT2D eigenvalue weighted by atomic mass is 16.4. The van der Waals surface area contributed by atoms with Crippen LogP contribution in [-0.4, -0.2) is 44.3 Å². The summed E-state index contributed by atoms with van der Waals surface area (Å²) < 4.78 is 1.82. The third kappa shape index (κ3) is 3.31. The summed E-state index contributed by atoms with van der Waals surface area (Å²) in [5.41, 5.74) is 3.09. The van der Waals surface area contributed by atoms with E-state index in [1.807, 2.05) is 32.5 Å². The number of aryl methyl sites for hydroxylation is 2. The molecule has 122 valence electrons. The van der Waals surface area contributed by atoms with Gasteiger partial charge in [0.2, 0.25) is 5.91 Å². The molecule has 0 bridgehead atoms. The molecular weight excluding hydrogens is 282 g/mol. The van der Waals surface area contributed by atoms with Crippen LogP contribution in [0.4, 0.5) is 0 Å². The summed E-state index contributed by atoms with van der Waals surface area (Å²) in [7, 11) is 1.89. The molecule has 22 heavy (non-hydrogen) atoms. The van der Waals surface area contributed by atoms with E-state index in [4.69, 9.17) is 0 Å². The van der Waals surface area contributed by atoms with Gasteiger partial charge in [0.15, 0.2) is 0 Å². The van der Waals surface area contributed by atoms with Gasteiger partial charge < -0.3 is 10.0 Å². The van der Waals surface area contributed by atoms with Gasteiger partial charge in [0.05, 0.1) is 5.69 Å². The monoisotopic (exact) mass is 307 g/mol. The quantitative estimate of drug-likeness (QED) is 0.918. The van der Waals surface area contributed by atoms with Crippen molar-refractivity contribution >= 4 is 11.9 Å². The van der Waals surface area contributed by atoms with E-state index in [0.717, 1.165) is 23.4 Å². The van der Waals surface area contributed by atoms with Crippen LogP contribution in [0.25, 0.3) is 0 Å². The van der Waals surface area contributed by atoms with Crippen molar-refractivity contribution in [3.63, 3.8) is 0 Å². The highest BCUT2D eigenvalue weighted by molar-refractivity contribution is 5.84. The molecule has 2 heterocycles. The maximum atomic E-state index is 12.5. The first-order chi connectivity index (χ1) is 10.3. The average Bonchev–Trinajstić information content (AvgIpc) is 2.69. The summed E-state index contributed by atoms with van der Waals surface area (Å²) in [6.45, 7) is 6.51. The number of nitrogens with zero attached hydrogens (tertiary/aromatic N) is 3. The van der Waals surface area contributed by atoms with Gasteiger partial charge >= 0.3 is 5.97 Å². The highest BCUT2D eigenvalue weighted by Crippen LogP contribution is 2.24. The zero-order chi connectivity index (χ0) is 16.4. The third-order valence-corrected chi connectivity index (χ3v) is 4.72. The molecule has 6 heteroatoms. The first kappa shape index (κ1) is 16.5. The van der Waals surface area contributed by atoms with E-state index < -0.39 is 12.0 Å². The molecule has 0 saturated carbocycles. The Morgan fingerprint density at radius 3 is 2.59 bits per heavy atom. The number of carbonyl (C=O) groups is 2. The van der Waals surface area contributed by atoms with Gasteiger partial charge in [-0.3, -0.25) is 9.48 Å². The fourth-order valence-corrected chi connectivity index (χ4v) is 3.23. The molecule has 6 nitrogen and oxygen atoms in total. The minimum atomic E-state index is -0.895. The molecule has 1 aliphatic rings. The normalized spacial score (nSPS) is 21.9. The van der Waals surface area contributed by atoms with E-state index in [1.165, 1.54) is 0 Å². The van der Waals surface area contributed by atoms with Crippen LogP contribution in [-0.2, 0) is 23.1 Å². The fraction of sp³-hybridized carbons (Fsp3) is 0.688. The maximum absolute atomic E-state index is 12.5. The van der Waals surface area contributed by atoms with Gasteiger partial charge in [-0.25, -0.2) is 4.79 Å². The second-order valence-corrected chi connectivity index (χ2v) is 6.34. The molecule has 0 radical (unpaired) electrons. The Labute approximate surface area is 131 Å². The molecule has 1 aliphatic heterocycles. The number of carboxylic acids is 1. The topological polar surface area (TPSA) is 75.4 Å². The van der Waals surface area contributed by atoms with Gasteiger partial charge in [-0.2, -0.15) is 5.10 Å². The van der Waals surface area contributed by atoms with Crippen LogP contribution in [0.1, 0.15) is 43.1 Å². The van der Waals surface area contributed by atoms with Crippen LogP contribution < -0.4 is 0 Å². The van der Waals surface area contributed by atoms with Crippen molar-refractivity contribution in [1.82, 2.24) is 14.7 Å². The van der Waals surface area contributed by atoms with Gasteiger partial charge in [0.25, 0.3) is 0 Å². The zero-order valence-electron chi connectivity index (χ0n) is 13.8. The Balaban J connectivity index is 2.03. The summed E-state index contributed by atoms with van der Waals surface area (Å²) in [4.78, 5) is 25.4. The lowest BCUT2D eigenvalue weighted by atomic mass is 9.92. The summed E-state index contributed by atoms with van der Waals surface area (Å²) in [5, 5.41) is 13.7. The van der Waals surface area contributed by atoms with Crippen LogP contribution in [0.5, 0.6) is 0 Å². The van der Waals surface area contributed by atoms with Gasteiger partial charge in [-0.1, -0.05) is 6.92 Å². The van der Waals surface area contributed by atoms with Crippen molar-refractivity contribution in [1.29, 1.82) is 0 Å². The lowest BCUT2D eigenvalue weighted by molar-refractivity contribution is -0.153. The first-order valence-corrected chi connectivity index (χ1v) is 7.82. The average molecular weight is 307 g/mol. The van der Waals surface area contributed by atoms with Crippen molar-refractivity contribution < 1.29 is 14.7 Å². The van der Waals surface area contributed by atoms with Gasteiger partial charge in [-0.15, -0.1) is 0 Å². The van der Waals surface area contributed by atoms with Crippen molar-refractivity contribution in [2.75, 3.05) is 6.54 Å². The number of carbonyl (C=O) groups excluding carboxylic acids is 1. The second-order valence-electron chi connectivity index (χ2n) is 6.34. The number of hydrogen-bond donors (Lipinski definition) is 1. The number of amides is 1.